The molecule has 0 aliphatic carbocycles. The highest BCUT2D eigenvalue weighted by atomic mass is 16.5. The molecular weight excluding hydrogens is 412 g/mol. The summed E-state index contributed by atoms with van der Waals surface area (Å²) in [4.78, 5) is 36.2. The highest BCUT2D eigenvalue weighted by Gasteiger charge is 2.19. The summed E-state index contributed by atoms with van der Waals surface area (Å²) in [5, 5.41) is 6.52. The van der Waals surface area contributed by atoms with Gasteiger partial charge >= 0.3 is 5.97 Å². The number of hydrogen-bond donors (Lipinski definition) is 1. The molecule has 3 aromatic rings. The number of nitrogens with one attached hydrogen (secondary N) is 1. The summed E-state index contributed by atoms with van der Waals surface area (Å²) in [5.74, 6) is 0.0151. The van der Waals surface area contributed by atoms with Gasteiger partial charge in [0.2, 0.25) is 0 Å². The molecule has 0 saturated heterocycles. The van der Waals surface area contributed by atoms with Gasteiger partial charge in [-0.05, 0) is 64.1 Å². The minimum atomic E-state index is -1.03. The number of Topliss-reactive ketones (excluding diaryl/α,β-unsaturated/α-hetero) is 1. The number of carbonyl (C=O) groups is 3. The number of hydrogen-bond acceptors (Lipinski definition) is 7. The zero-order valence-corrected chi connectivity index (χ0v) is 18.3. The highest BCUT2D eigenvalue weighted by molar-refractivity contribution is 5.99. The molecule has 0 radical (unpaired) electrons. The molecule has 166 valence electrons. The Kier molecular flexibility index (Phi) is 7.04. The summed E-state index contributed by atoms with van der Waals surface area (Å²) < 4.78 is 16.1. The number of rotatable bonds is 8. The van der Waals surface area contributed by atoms with E-state index in [1.807, 2.05) is 13.8 Å². The van der Waals surface area contributed by atoms with E-state index in [1.54, 1.807) is 48.5 Å². The van der Waals surface area contributed by atoms with Crippen molar-refractivity contribution in [2.24, 2.45) is 0 Å². The second-order valence-corrected chi connectivity index (χ2v) is 7.29. The molecule has 0 saturated carbocycles. The third kappa shape index (κ3) is 5.60. The molecular formula is C24H24N2O6. The van der Waals surface area contributed by atoms with Crippen molar-refractivity contribution in [2.75, 3.05) is 5.32 Å². The van der Waals surface area contributed by atoms with E-state index in [0.717, 1.165) is 11.3 Å². The Morgan fingerprint density at radius 1 is 1.06 bits per heavy atom. The number of ketones is 1. The molecule has 1 aromatic heterocycles. The zero-order chi connectivity index (χ0) is 23.3. The summed E-state index contributed by atoms with van der Waals surface area (Å²) in [6.07, 6.45) is -1.03. The molecule has 1 unspecified atom stereocenters. The van der Waals surface area contributed by atoms with E-state index in [9.17, 15) is 14.4 Å². The van der Waals surface area contributed by atoms with Crippen LogP contribution in [0.2, 0.25) is 0 Å². The fourth-order valence-corrected chi connectivity index (χ4v) is 2.89. The molecule has 0 fully saturated rings. The number of anilines is 1. The Labute approximate surface area is 185 Å². The number of carbonyl (C=O) groups excluding carboxylic acids is 3. The van der Waals surface area contributed by atoms with Crippen LogP contribution in [0.5, 0.6) is 5.75 Å². The monoisotopic (exact) mass is 436 g/mol. The molecule has 0 spiro atoms. The number of esters is 1. The fraction of sp³-hybridized carbons (Fsp3) is 0.250. The molecule has 3 rings (SSSR count). The van der Waals surface area contributed by atoms with Crippen molar-refractivity contribution >= 4 is 23.3 Å². The van der Waals surface area contributed by atoms with Crippen LogP contribution in [0.3, 0.4) is 0 Å². The molecule has 0 aliphatic heterocycles. The largest absolute Gasteiger partial charge is 0.489 e. The second kappa shape index (κ2) is 9.91. The van der Waals surface area contributed by atoms with Gasteiger partial charge in [-0.25, -0.2) is 4.79 Å². The Hall–Kier alpha value is -3.94. The van der Waals surface area contributed by atoms with Gasteiger partial charge in [0.15, 0.2) is 11.9 Å². The summed E-state index contributed by atoms with van der Waals surface area (Å²) in [5.41, 5.74) is 2.85. The molecule has 2 aromatic carbocycles. The molecule has 1 atom stereocenters. The van der Waals surface area contributed by atoms with Crippen molar-refractivity contribution in [3.05, 3.63) is 76.7 Å². The Morgan fingerprint density at radius 2 is 1.78 bits per heavy atom. The summed E-state index contributed by atoms with van der Waals surface area (Å²) in [7, 11) is 0. The van der Waals surface area contributed by atoms with Gasteiger partial charge in [-0.15, -0.1) is 0 Å². The first kappa shape index (κ1) is 22.7. The number of amides is 1. The van der Waals surface area contributed by atoms with Crippen LogP contribution in [-0.2, 0) is 16.1 Å². The predicted molar refractivity (Wildman–Crippen MR) is 117 cm³/mol. The van der Waals surface area contributed by atoms with Crippen LogP contribution in [0.1, 0.15) is 51.6 Å². The zero-order valence-electron chi connectivity index (χ0n) is 18.3. The molecule has 1 heterocycles. The lowest BCUT2D eigenvalue weighted by molar-refractivity contribution is -0.123. The van der Waals surface area contributed by atoms with Gasteiger partial charge in [0.05, 0.1) is 16.8 Å². The van der Waals surface area contributed by atoms with Gasteiger partial charge in [0, 0.05) is 11.3 Å². The number of aromatic nitrogens is 1. The molecule has 0 aliphatic rings. The van der Waals surface area contributed by atoms with Crippen molar-refractivity contribution < 1.29 is 28.4 Å². The van der Waals surface area contributed by atoms with E-state index < -0.39 is 18.0 Å². The van der Waals surface area contributed by atoms with Gasteiger partial charge < -0.3 is 19.3 Å². The van der Waals surface area contributed by atoms with Crippen molar-refractivity contribution in [3.8, 4) is 5.75 Å². The standard InChI is InChI=1S/C24H24N2O6/c1-14-22(16(3)32-26-14)13-30-21-10-8-18(9-11-21)24(29)31-17(4)23(28)25-20-7-5-6-19(12-20)15(2)27/h5-12,17H,13H2,1-4H3,(H,25,28). The molecule has 8 nitrogen and oxygen atoms in total. The Bertz CT molecular complexity index is 1110. The van der Waals surface area contributed by atoms with Crippen LogP contribution in [0.15, 0.2) is 53.1 Å². The number of benzene rings is 2. The van der Waals surface area contributed by atoms with Crippen molar-refractivity contribution in [1.29, 1.82) is 0 Å². The summed E-state index contributed by atoms with van der Waals surface area (Å²) >= 11 is 0. The lowest BCUT2D eigenvalue weighted by atomic mass is 10.1. The number of aryl methyl sites for hydroxylation is 2. The number of ether oxygens (including phenoxy) is 2. The van der Waals surface area contributed by atoms with Crippen LogP contribution < -0.4 is 10.1 Å². The molecule has 1 amide bonds. The third-order valence-corrected chi connectivity index (χ3v) is 4.84. The minimum Gasteiger partial charge on any atom is -0.489 e. The average molecular weight is 436 g/mol. The minimum absolute atomic E-state index is 0.111. The fourth-order valence-electron chi connectivity index (χ4n) is 2.89. The van der Waals surface area contributed by atoms with E-state index >= 15 is 0 Å². The van der Waals surface area contributed by atoms with Crippen LogP contribution in [0.4, 0.5) is 5.69 Å². The van der Waals surface area contributed by atoms with Crippen LogP contribution in [-0.4, -0.2) is 28.9 Å². The Morgan fingerprint density at radius 3 is 2.41 bits per heavy atom. The van der Waals surface area contributed by atoms with E-state index in [-0.39, 0.29) is 11.3 Å². The van der Waals surface area contributed by atoms with Crippen molar-refractivity contribution in [2.45, 2.75) is 40.4 Å². The van der Waals surface area contributed by atoms with Crippen molar-refractivity contribution in [3.63, 3.8) is 0 Å². The first-order valence-electron chi connectivity index (χ1n) is 10.0. The maximum absolute atomic E-state index is 12.4. The normalized spacial score (nSPS) is 11.5. The predicted octanol–water partition coefficient (Wildman–Crippen LogP) is 4.26. The average Bonchev–Trinajstić information content (AvgIpc) is 3.09. The number of nitrogens with zero attached hydrogens (tertiary/aromatic N) is 1. The van der Waals surface area contributed by atoms with Crippen LogP contribution >= 0.6 is 0 Å². The first-order chi connectivity index (χ1) is 15.2. The lowest BCUT2D eigenvalue weighted by Gasteiger charge is -2.14. The second-order valence-electron chi connectivity index (χ2n) is 7.29. The first-order valence-corrected chi connectivity index (χ1v) is 10.0. The van der Waals surface area contributed by atoms with E-state index in [1.165, 1.54) is 13.8 Å². The van der Waals surface area contributed by atoms with Gasteiger partial charge in [0.25, 0.3) is 5.91 Å². The van der Waals surface area contributed by atoms with E-state index in [0.29, 0.717) is 29.4 Å². The van der Waals surface area contributed by atoms with Crippen molar-refractivity contribution in [1.82, 2.24) is 5.16 Å². The van der Waals surface area contributed by atoms with E-state index in [4.69, 9.17) is 14.0 Å². The highest BCUT2D eigenvalue weighted by Crippen LogP contribution is 2.19. The van der Waals surface area contributed by atoms with Gasteiger partial charge in [0.1, 0.15) is 18.1 Å². The molecule has 32 heavy (non-hydrogen) atoms. The van der Waals surface area contributed by atoms with Gasteiger partial charge in [-0.1, -0.05) is 17.3 Å². The quantitative estimate of drug-likeness (QED) is 0.415. The maximum Gasteiger partial charge on any atom is 0.338 e. The Balaban J connectivity index is 1.55. The molecule has 0 bridgehead atoms. The van der Waals surface area contributed by atoms with Gasteiger partial charge in [-0.2, -0.15) is 0 Å². The molecule has 8 heteroatoms. The topological polar surface area (TPSA) is 108 Å². The van der Waals surface area contributed by atoms with Gasteiger partial charge in [-0.3, -0.25) is 9.59 Å². The summed E-state index contributed by atoms with van der Waals surface area (Å²) in [6.45, 7) is 6.87. The smallest absolute Gasteiger partial charge is 0.338 e. The maximum atomic E-state index is 12.4. The summed E-state index contributed by atoms with van der Waals surface area (Å²) in [6, 6.07) is 13.0. The lowest BCUT2D eigenvalue weighted by Crippen LogP contribution is -2.30. The van der Waals surface area contributed by atoms with E-state index in [2.05, 4.69) is 10.5 Å². The van der Waals surface area contributed by atoms with Crippen LogP contribution in [0, 0.1) is 13.8 Å². The SMILES string of the molecule is CC(=O)c1cccc(NC(=O)C(C)OC(=O)c2ccc(OCc3c(C)noc3C)cc2)c1. The molecule has 1 N–H and O–H groups in total. The third-order valence-electron chi connectivity index (χ3n) is 4.84. The van der Waals surface area contributed by atoms with Crippen LogP contribution in [0.25, 0.3) is 0 Å².